The molecule has 0 saturated carbocycles. The lowest BCUT2D eigenvalue weighted by Gasteiger charge is -2.06. The van der Waals surface area contributed by atoms with Crippen LogP contribution >= 0.6 is 0 Å². The van der Waals surface area contributed by atoms with Gasteiger partial charge in [0.15, 0.2) is 0 Å². The van der Waals surface area contributed by atoms with Crippen LogP contribution in [0.15, 0.2) is 24.3 Å². The summed E-state index contributed by atoms with van der Waals surface area (Å²) in [5.74, 6) is 0. The molecule has 19 heavy (non-hydrogen) atoms. The van der Waals surface area contributed by atoms with Gasteiger partial charge in [0.05, 0.1) is 7.11 Å². The number of benzene rings is 1. The summed E-state index contributed by atoms with van der Waals surface area (Å²) in [7, 11) is 1.32. The Bertz CT molecular complexity index is 434. The lowest BCUT2D eigenvalue weighted by Crippen LogP contribution is -2.25. The van der Waals surface area contributed by atoms with Gasteiger partial charge in [0.2, 0.25) is 0 Å². The fourth-order valence-corrected chi connectivity index (χ4v) is 1.64. The van der Waals surface area contributed by atoms with Crippen LogP contribution in [0.1, 0.15) is 11.1 Å². The van der Waals surface area contributed by atoms with Crippen LogP contribution in [0.5, 0.6) is 0 Å². The van der Waals surface area contributed by atoms with Crippen molar-refractivity contribution in [2.75, 3.05) is 20.2 Å². The maximum absolute atomic E-state index is 10.9. The minimum absolute atomic E-state index is 0.388. The Kier molecular flexibility index (Phi) is 6.21. The Morgan fingerprint density at radius 1 is 1.16 bits per heavy atom. The highest BCUT2D eigenvalue weighted by Crippen LogP contribution is 2.06. The van der Waals surface area contributed by atoms with Crippen LogP contribution < -0.4 is 10.6 Å². The summed E-state index contributed by atoms with van der Waals surface area (Å²) < 4.78 is 4.47. The third-order valence-electron chi connectivity index (χ3n) is 2.55. The van der Waals surface area contributed by atoms with E-state index in [-0.39, 0.29) is 0 Å². The van der Waals surface area contributed by atoms with Crippen molar-refractivity contribution in [3.8, 4) is 0 Å². The van der Waals surface area contributed by atoms with Crippen molar-refractivity contribution in [1.29, 1.82) is 0 Å². The van der Waals surface area contributed by atoms with Gasteiger partial charge in [-0.25, -0.2) is 9.59 Å². The summed E-state index contributed by atoms with van der Waals surface area (Å²) in [5.41, 5.74) is 2.15. The van der Waals surface area contributed by atoms with E-state index in [2.05, 4.69) is 15.4 Å². The predicted octanol–water partition coefficient (Wildman–Crippen LogP) is 1.40. The van der Waals surface area contributed by atoms with Crippen LogP contribution in [-0.2, 0) is 17.6 Å². The van der Waals surface area contributed by atoms with Gasteiger partial charge >= 0.3 is 12.2 Å². The summed E-state index contributed by atoms with van der Waals surface area (Å²) in [4.78, 5) is 21.2. The molecule has 0 aliphatic carbocycles. The summed E-state index contributed by atoms with van der Waals surface area (Å²) in [5, 5.41) is 13.4. The Balaban J connectivity index is 2.38. The largest absolute Gasteiger partial charge is 0.465 e. The van der Waals surface area contributed by atoms with Crippen LogP contribution in [0.2, 0.25) is 0 Å². The van der Waals surface area contributed by atoms with Crippen LogP contribution in [0, 0.1) is 0 Å². The van der Waals surface area contributed by atoms with Gasteiger partial charge in [0.1, 0.15) is 0 Å². The van der Waals surface area contributed by atoms with Crippen molar-refractivity contribution in [2.45, 2.75) is 12.8 Å². The fourth-order valence-electron chi connectivity index (χ4n) is 1.64. The first-order valence-corrected chi connectivity index (χ1v) is 5.98. The maximum atomic E-state index is 10.9. The standard InChI is InChI=1S/C13H18N2O4/c1-19-13(18)15-8-6-11-4-2-3-10(9-11)5-7-14-12(16)17/h2-4,9,14H,5-8H2,1H3,(H,15,18)(H,16,17). The smallest absolute Gasteiger partial charge is 0.406 e. The number of carbonyl (C=O) groups excluding carboxylic acids is 1. The molecule has 1 rings (SSSR count). The molecular formula is C13H18N2O4. The van der Waals surface area contributed by atoms with Crippen LogP contribution in [-0.4, -0.2) is 37.5 Å². The number of hydrogen-bond donors (Lipinski definition) is 3. The molecule has 6 heteroatoms. The molecule has 0 heterocycles. The first kappa shape index (κ1) is 14.8. The average molecular weight is 266 g/mol. The molecule has 0 unspecified atom stereocenters. The fraction of sp³-hybridized carbons (Fsp3) is 0.385. The molecule has 0 aliphatic rings. The molecular weight excluding hydrogens is 248 g/mol. The monoisotopic (exact) mass is 266 g/mol. The minimum Gasteiger partial charge on any atom is -0.465 e. The topological polar surface area (TPSA) is 87.7 Å². The molecule has 0 atom stereocenters. The Morgan fingerprint density at radius 3 is 2.26 bits per heavy atom. The number of carbonyl (C=O) groups is 2. The van der Waals surface area contributed by atoms with Crippen LogP contribution in [0.3, 0.4) is 0 Å². The third-order valence-corrected chi connectivity index (χ3v) is 2.55. The Hall–Kier alpha value is -2.24. The van der Waals surface area contributed by atoms with Gasteiger partial charge in [-0.05, 0) is 24.0 Å². The van der Waals surface area contributed by atoms with Gasteiger partial charge in [-0.3, -0.25) is 0 Å². The summed E-state index contributed by atoms with van der Waals surface area (Å²) >= 11 is 0. The lowest BCUT2D eigenvalue weighted by molar-refractivity contribution is 0.171. The first-order valence-electron chi connectivity index (χ1n) is 5.98. The van der Waals surface area contributed by atoms with E-state index in [0.29, 0.717) is 25.9 Å². The number of amides is 2. The van der Waals surface area contributed by atoms with E-state index in [1.807, 2.05) is 24.3 Å². The number of hydrogen-bond acceptors (Lipinski definition) is 3. The van der Waals surface area contributed by atoms with E-state index in [4.69, 9.17) is 5.11 Å². The molecule has 1 aromatic carbocycles. The van der Waals surface area contributed by atoms with E-state index >= 15 is 0 Å². The minimum atomic E-state index is -1.02. The second-order valence-electron chi connectivity index (χ2n) is 3.97. The Labute approximate surface area is 111 Å². The van der Waals surface area contributed by atoms with Crippen molar-refractivity contribution in [3.05, 3.63) is 35.4 Å². The molecule has 0 bridgehead atoms. The number of methoxy groups -OCH3 is 1. The van der Waals surface area contributed by atoms with Crippen molar-refractivity contribution in [3.63, 3.8) is 0 Å². The number of carboxylic acid groups (broad SMARTS) is 1. The third kappa shape index (κ3) is 6.30. The SMILES string of the molecule is COC(=O)NCCc1cccc(CCNC(=O)O)c1. The highest BCUT2D eigenvalue weighted by molar-refractivity contribution is 5.66. The molecule has 104 valence electrons. The summed E-state index contributed by atoms with van der Waals surface area (Å²) in [6, 6.07) is 7.83. The molecule has 2 amide bonds. The van der Waals surface area contributed by atoms with Gasteiger partial charge < -0.3 is 20.5 Å². The highest BCUT2D eigenvalue weighted by Gasteiger charge is 2.00. The van der Waals surface area contributed by atoms with Crippen molar-refractivity contribution in [1.82, 2.24) is 10.6 Å². The average Bonchev–Trinajstić information content (AvgIpc) is 2.38. The molecule has 3 N–H and O–H groups in total. The number of ether oxygens (including phenoxy) is 1. The number of rotatable bonds is 6. The molecule has 0 aromatic heterocycles. The van der Waals surface area contributed by atoms with Crippen LogP contribution in [0.4, 0.5) is 9.59 Å². The molecule has 0 fully saturated rings. The molecule has 0 aliphatic heterocycles. The van der Waals surface area contributed by atoms with Crippen molar-refractivity contribution in [2.24, 2.45) is 0 Å². The molecule has 1 aromatic rings. The second-order valence-corrected chi connectivity index (χ2v) is 3.97. The van der Waals surface area contributed by atoms with E-state index in [9.17, 15) is 9.59 Å². The van der Waals surface area contributed by atoms with E-state index in [1.54, 1.807) is 0 Å². The predicted molar refractivity (Wildman–Crippen MR) is 70.3 cm³/mol. The zero-order chi connectivity index (χ0) is 14.1. The van der Waals surface area contributed by atoms with Gasteiger partial charge in [-0.1, -0.05) is 24.3 Å². The summed E-state index contributed by atoms with van der Waals surface area (Å²) in [6.07, 6.45) is -0.111. The molecule has 0 spiro atoms. The van der Waals surface area contributed by atoms with E-state index < -0.39 is 12.2 Å². The van der Waals surface area contributed by atoms with Crippen LogP contribution in [0.25, 0.3) is 0 Å². The highest BCUT2D eigenvalue weighted by atomic mass is 16.5. The van der Waals surface area contributed by atoms with Crippen molar-refractivity contribution >= 4 is 12.2 Å². The van der Waals surface area contributed by atoms with Gasteiger partial charge in [-0.15, -0.1) is 0 Å². The molecule has 0 saturated heterocycles. The van der Waals surface area contributed by atoms with E-state index in [0.717, 1.165) is 11.1 Å². The Morgan fingerprint density at radius 2 is 1.74 bits per heavy atom. The molecule has 0 radical (unpaired) electrons. The lowest BCUT2D eigenvalue weighted by atomic mass is 10.1. The quantitative estimate of drug-likeness (QED) is 0.726. The zero-order valence-electron chi connectivity index (χ0n) is 10.8. The second kappa shape index (κ2) is 7.97. The van der Waals surface area contributed by atoms with E-state index in [1.165, 1.54) is 7.11 Å². The van der Waals surface area contributed by atoms with Gasteiger partial charge in [-0.2, -0.15) is 0 Å². The normalized spacial score (nSPS) is 9.74. The van der Waals surface area contributed by atoms with Gasteiger partial charge in [0, 0.05) is 13.1 Å². The number of nitrogens with one attached hydrogen (secondary N) is 2. The maximum Gasteiger partial charge on any atom is 0.406 e. The van der Waals surface area contributed by atoms with Gasteiger partial charge in [0.25, 0.3) is 0 Å². The molecule has 6 nitrogen and oxygen atoms in total. The number of alkyl carbamates (subject to hydrolysis) is 1. The summed E-state index contributed by atoms with van der Waals surface area (Å²) in [6.45, 7) is 0.892. The van der Waals surface area contributed by atoms with Crippen molar-refractivity contribution < 1.29 is 19.4 Å². The first-order chi connectivity index (χ1) is 9.11. The zero-order valence-corrected chi connectivity index (χ0v) is 10.8.